The number of hydrogen-bond acceptors (Lipinski definition) is 4. The van der Waals surface area contributed by atoms with Gasteiger partial charge in [0.2, 0.25) is 0 Å². The van der Waals surface area contributed by atoms with Crippen LogP contribution in [0.25, 0.3) is 0 Å². The highest BCUT2D eigenvalue weighted by Crippen LogP contribution is 2.18. The first-order chi connectivity index (χ1) is 9.11. The summed E-state index contributed by atoms with van der Waals surface area (Å²) < 4.78 is 25.1. The number of likely N-dealkylation sites (N-methyl/N-ethyl adjacent to an activating group) is 1. The van der Waals surface area contributed by atoms with E-state index in [0.717, 1.165) is 25.2 Å². The third-order valence-corrected chi connectivity index (χ3v) is 3.25. The van der Waals surface area contributed by atoms with Crippen LogP contribution in [0.4, 0.5) is 8.78 Å². The molecule has 1 aliphatic heterocycles. The maximum absolute atomic E-state index is 12.5. The number of aromatic nitrogens is 2. The molecule has 1 amide bonds. The van der Waals surface area contributed by atoms with Crippen molar-refractivity contribution in [1.29, 1.82) is 0 Å². The molecule has 5 nitrogen and oxygen atoms in total. The number of alkyl halides is 2. The van der Waals surface area contributed by atoms with Crippen molar-refractivity contribution in [1.82, 2.24) is 20.2 Å². The van der Waals surface area contributed by atoms with Crippen LogP contribution < -0.4 is 5.32 Å². The average molecular weight is 270 g/mol. The van der Waals surface area contributed by atoms with Gasteiger partial charge >= 0.3 is 0 Å². The van der Waals surface area contributed by atoms with E-state index in [0.29, 0.717) is 13.1 Å². The van der Waals surface area contributed by atoms with Crippen LogP contribution in [0.2, 0.25) is 0 Å². The SMILES string of the molecule is CNC1CCCN(C(=O)c2cc(C(F)F)ncn2)C1. The molecule has 7 heteroatoms. The first kappa shape index (κ1) is 13.8. The normalized spacial score (nSPS) is 19.8. The predicted octanol–water partition coefficient (Wildman–Crippen LogP) is 1.24. The number of nitrogens with zero attached hydrogens (tertiary/aromatic N) is 3. The number of hydrogen-bond donors (Lipinski definition) is 1. The van der Waals surface area contributed by atoms with Crippen LogP contribution in [0.3, 0.4) is 0 Å². The van der Waals surface area contributed by atoms with Crippen LogP contribution in [-0.2, 0) is 0 Å². The zero-order valence-corrected chi connectivity index (χ0v) is 10.6. The number of carbonyl (C=O) groups is 1. The quantitative estimate of drug-likeness (QED) is 0.897. The van der Waals surface area contributed by atoms with E-state index in [2.05, 4.69) is 15.3 Å². The van der Waals surface area contributed by atoms with Gasteiger partial charge in [0.25, 0.3) is 12.3 Å². The minimum Gasteiger partial charge on any atom is -0.336 e. The van der Waals surface area contributed by atoms with Gasteiger partial charge in [-0.2, -0.15) is 0 Å². The van der Waals surface area contributed by atoms with Gasteiger partial charge in [-0.25, -0.2) is 18.7 Å². The first-order valence-corrected chi connectivity index (χ1v) is 6.18. The first-order valence-electron chi connectivity index (χ1n) is 6.18. The van der Waals surface area contributed by atoms with Gasteiger partial charge in [0.1, 0.15) is 17.7 Å². The van der Waals surface area contributed by atoms with E-state index in [-0.39, 0.29) is 17.6 Å². The molecule has 0 bridgehead atoms. The van der Waals surface area contributed by atoms with Gasteiger partial charge < -0.3 is 10.2 Å². The highest BCUT2D eigenvalue weighted by molar-refractivity contribution is 5.92. The molecule has 1 aromatic heterocycles. The van der Waals surface area contributed by atoms with Crippen LogP contribution in [0, 0.1) is 0 Å². The van der Waals surface area contributed by atoms with Crippen molar-refractivity contribution >= 4 is 5.91 Å². The summed E-state index contributed by atoms with van der Waals surface area (Å²) in [5.74, 6) is -0.316. The monoisotopic (exact) mass is 270 g/mol. The third-order valence-electron chi connectivity index (χ3n) is 3.25. The van der Waals surface area contributed by atoms with Crippen LogP contribution >= 0.6 is 0 Å². The highest BCUT2D eigenvalue weighted by Gasteiger charge is 2.25. The van der Waals surface area contributed by atoms with E-state index in [4.69, 9.17) is 0 Å². The zero-order chi connectivity index (χ0) is 13.8. The lowest BCUT2D eigenvalue weighted by Crippen LogP contribution is -2.47. The average Bonchev–Trinajstić information content (AvgIpc) is 2.46. The van der Waals surface area contributed by atoms with Gasteiger partial charge in [0.15, 0.2) is 0 Å². The molecule has 1 fully saturated rings. The van der Waals surface area contributed by atoms with Crippen molar-refractivity contribution in [2.45, 2.75) is 25.3 Å². The summed E-state index contributed by atoms with van der Waals surface area (Å²) in [4.78, 5) is 21.1. The Labute approximate surface area is 110 Å². The Morgan fingerprint density at radius 2 is 2.32 bits per heavy atom. The summed E-state index contributed by atoms with van der Waals surface area (Å²) in [7, 11) is 1.85. The molecule has 2 rings (SSSR count). The standard InChI is InChI=1S/C12H16F2N4O/c1-15-8-3-2-4-18(6-8)12(19)10-5-9(11(13)14)16-7-17-10/h5,7-8,11,15H,2-4,6H2,1H3. The lowest BCUT2D eigenvalue weighted by atomic mass is 10.1. The fraction of sp³-hybridized carbons (Fsp3) is 0.583. The molecule has 1 saturated heterocycles. The van der Waals surface area contributed by atoms with E-state index in [1.54, 1.807) is 4.90 Å². The molecule has 1 N–H and O–H groups in total. The Bertz CT molecular complexity index is 455. The minimum atomic E-state index is -2.69. The second-order valence-electron chi connectivity index (χ2n) is 4.51. The largest absolute Gasteiger partial charge is 0.336 e. The Morgan fingerprint density at radius 3 is 3.00 bits per heavy atom. The number of likely N-dealkylation sites (tertiary alicyclic amines) is 1. The second-order valence-corrected chi connectivity index (χ2v) is 4.51. The summed E-state index contributed by atoms with van der Waals surface area (Å²) in [5.41, 5.74) is -0.387. The van der Waals surface area contributed by atoms with Crippen LogP contribution in [0.15, 0.2) is 12.4 Å². The van der Waals surface area contributed by atoms with Gasteiger partial charge in [-0.15, -0.1) is 0 Å². The Morgan fingerprint density at radius 1 is 1.53 bits per heavy atom. The zero-order valence-electron chi connectivity index (χ0n) is 10.6. The number of rotatable bonds is 3. The van der Waals surface area contributed by atoms with Crippen molar-refractivity contribution in [2.24, 2.45) is 0 Å². The molecule has 0 radical (unpaired) electrons. The molecule has 0 aliphatic carbocycles. The number of piperidine rings is 1. The molecule has 0 saturated carbocycles. The minimum absolute atomic E-state index is 0.0297. The van der Waals surface area contributed by atoms with Crippen LogP contribution in [0.1, 0.15) is 35.4 Å². The molecular weight excluding hydrogens is 254 g/mol. The summed E-state index contributed by atoms with van der Waals surface area (Å²) in [6.07, 6.45) is 0.214. The number of amides is 1. The molecule has 19 heavy (non-hydrogen) atoms. The molecule has 1 atom stereocenters. The van der Waals surface area contributed by atoms with Gasteiger partial charge in [0.05, 0.1) is 0 Å². The predicted molar refractivity (Wildman–Crippen MR) is 65.0 cm³/mol. The van der Waals surface area contributed by atoms with Gasteiger partial charge in [-0.05, 0) is 26.0 Å². The highest BCUT2D eigenvalue weighted by atomic mass is 19.3. The molecule has 0 spiro atoms. The van der Waals surface area contributed by atoms with Crippen molar-refractivity contribution in [3.8, 4) is 0 Å². The van der Waals surface area contributed by atoms with Crippen molar-refractivity contribution in [3.63, 3.8) is 0 Å². The number of carbonyl (C=O) groups excluding carboxylic acids is 1. The topological polar surface area (TPSA) is 58.1 Å². The van der Waals surface area contributed by atoms with E-state index in [1.807, 2.05) is 7.05 Å². The van der Waals surface area contributed by atoms with Gasteiger partial charge in [-0.3, -0.25) is 4.79 Å². The van der Waals surface area contributed by atoms with Gasteiger partial charge in [0, 0.05) is 19.1 Å². The fourth-order valence-electron chi connectivity index (χ4n) is 2.17. The van der Waals surface area contributed by atoms with Crippen molar-refractivity contribution in [3.05, 3.63) is 23.8 Å². The maximum atomic E-state index is 12.5. The molecule has 1 aliphatic rings. The van der Waals surface area contributed by atoms with Crippen molar-refractivity contribution in [2.75, 3.05) is 20.1 Å². The van der Waals surface area contributed by atoms with Crippen LogP contribution in [-0.4, -0.2) is 47.0 Å². The summed E-state index contributed by atoms with van der Waals surface area (Å²) in [5, 5.41) is 3.12. The second kappa shape index (κ2) is 6.01. The number of halogens is 2. The molecule has 0 aromatic carbocycles. The summed E-state index contributed by atoms with van der Waals surface area (Å²) in [6, 6.07) is 1.31. The maximum Gasteiger partial charge on any atom is 0.280 e. The van der Waals surface area contributed by atoms with E-state index < -0.39 is 12.1 Å². The molecule has 104 valence electrons. The van der Waals surface area contributed by atoms with Gasteiger partial charge in [-0.1, -0.05) is 0 Å². The third kappa shape index (κ3) is 3.23. The molecular formula is C12H16F2N4O. The molecule has 1 unspecified atom stereocenters. The van der Waals surface area contributed by atoms with Crippen molar-refractivity contribution < 1.29 is 13.6 Å². The van der Waals surface area contributed by atoms with E-state index in [1.165, 1.54) is 0 Å². The molecule has 2 heterocycles. The summed E-state index contributed by atoms with van der Waals surface area (Å²) >= 11 is 0. The number of nitrogens with one attached hydrogen (secondary N) is 1. The fourth-order valence-corrected chi connectivity index (χ4v) is 2.17. The lowest BCUT2D eigenvalue weighted by Gasteiger charge is -2.32. The van der Waals surface area contributed by atoms with Crippen LogP contribution in [0.5, 0.6) is 0 Å². The summed E-state index contributed by atoms with van der Waals surface area (Å²) in [6.45, 7) is 1.20. The Kier molecular flexibility index (Phi) is 4.36. The smallest absolute Gasteiger partial charge is 0.280 e. The van der Waals surface area contributed by atoms with E-state index >= 15 is 0 Å². The Hall–Kier alpha value is -1.63. The molecule has 1 aromatic rings. The lowest BCUT2D eigenvalue weighted by molar-refractivity contribution is 0.0691. The Balaban J connectivity index is 2.12. The van der Waals surface area contributed by atoms with E-state index in [9.17, 15) is 13.6 Å².